The fraction of sp³-hybridized carbons (Fsp3) is 0.130. The van der Waals surface area contributed by atoms with Gasteiger partial charge in [0, 0.05) is 18.3 Å². The summed E-state index contributed by atoms with van der Waals surface area (Å²) in [5.41, 5.74) is 13.2. The molecule has 4 aromatic rings. The van der Waals surface area contributed by atoms with Crippen LogP contribution in [-0.4, -0.2) is 27.4 Å². The minimum Gasteiger partial charge on any atom is -0.359 e. The molecule has 6 heteroatoms. The molecule has 0 saturated carbocycles. The first-order valence-electron chi connectivity index (χ1n) is 9.49. The Kier molecular flexibility index (Phi) is 4.36. The molecule has 0 bridgehead atoms. The van der Waals surface area contributed by atoms with E-state index in [2.05, 4.69) is 56.2 Å². The quantitative estimate of drug-likeness (QED) is 0.424. The molecule has 5 rings (SSSR count). The summed E-state index contributed by atoms with van der Waals surface area (Å²) in [6.45, 7) is 0.575. The van der Waals surface area contributed by atoms with Crippen LogP contribution in [0.15, 0.2) is 71.5 Å². The van der Waals surface area contributed by atoms with E-state index in [1.807, 2.05) is 36.5 Å². The zero-order chi connectivity index (χ0) is 20.0. The number of nitrogens with one attached hydrogen (secondary N) is 1. The number of carbonyl (C=O) groups excluding carboxylic acids is 1. The Morgan fingerprint density at radius 2 is 1.90 bits per heavy atom. The summed E-state index contributed by atoms with van der Waals surface area (Å²) < 4.78 is 0.756. The number of aromatic nitrogens is 2. The monoisotopic (exact) mass is 446 g/mol. The number of benzene rings is 2. The van der Waals surface area contributed by atoms with Crippen molar-refractivity contribution in [2.45, 2.75) is 12.5 Å². The van der Waals surface area contributed by atoms with Crippen molar-refractivity contribution < 1.29 is 4.79 Å². The molecular formula is C23H19BrN4O. The third-order valence-electron chi connectivity index (χ3n) is 5.57. The predicted molar refractivity (Wildman–Crippen MR) is 118 cm³/mol. The van der Waals surface area contributed by atoms with Gasteiger partial charge in [-0.2, -0.15) is 0 Å². The van der Waals surface area contributed by atoms with Gasteiger partial charge in [-0.15, -0.1) is 0 Å². The lowest BCUT2D eigenvalue weighted by atomic mass is 9.87. The molecule has 144 valence electrons. The van der Waals surface area contributed by atoms with Gasteiger partial charge < -0.3 is 15.6 Å². The van der Waals surface area contributed by atoms with Gasteiger partial charge in [-0.25, -0.2) is 9.78 Å². The van der Waals surface area contributed by atoms with Crippen molar-refractivity contribution in [2.75, 3.05) is 6.54 Å². The fourth-order valence-electron chi connectivity index (χ4n) is 4.21. The molecule has 1 aliphatic rings. The Balaban J connectivity index is 1.67. The lowest BCUT2D eigenvalue weighted by Gasteiger charge is -2.36. The number of carbonyl (C=O) groups is 1. The topological polar surface area (TPSA) is 75.0 Å². The minimum absolute atomic E-state index is 0.267. The third-order valence-corrected chi connectivity index (χ3v) is 6.02. The van der Waals surface area contributed by atoms with Crippen molar-refractivity contribution in [1.29, 1.82) is 0 Å². The zero-order valence-corrected chi connectivity index (χ0v) is 17.2. The number of urea groups is 1. The second-order valence-electron chi connectivity index (χ2n) is 7.24. The van der Waals surface area contributed by atoms with E-state index in [1.165, 1.54) is 16.7 Å². The van der Waals surface area contributed by atoms with E-state index in [-0.39, 0.29) is 6.04 Å². The second kappa shape index (κ2) is 7.04. The van der Waals surface area contributed by atoms with Crippen molar-refractivity contribution in [3.05, 3.63) is 88.2 Å². The highest BCUT2D eigenvalue weighted by molar-refractivity contribution is 9.10. The number of hydrogen-bond acceptors (Lipinski definition) is 2. The average molecular weight is 447 g/mol. The molecule has 0 aliphatic carbocycles. The molecule has 3 N–H and O–H groups in total. The van der Waals surface area contributed by atoms with Crippen LogP contribution < -0.4 is 5.73 Å². The van der Waals surface area contributed by atoms with Crippen LogP contribution in [0.2, 0.25) is 0 Å². The Bertz CT molecular complexity index is 1220. The molecule has 0 saturated heterocycles. The standard InChI is InChI=1S/C23H19BrN4O/c24-20-9-8-19-21(27-20)18(13-26-19)22-17-7-6-15(14-4-2-1-3-5-14)12-16(17)10-11-28(22)23(25)29/h1-9,12-13,22,26H,10-11H2,(H2,25,29). The van der Waals surface area contributed by atoms with Crippen molar-refractivity contribution in [2.24, 2.45) is 5.73 Å². The summed E-state index contributed by atoms with van der Waals surface area (Å²) in [5.74, 6) is 0. The van der Waals surface area contributed by atoms with Gasteiger partial charge in [-0.05, 0) is 56.7 Å². The largest absolute Gasteiger partial charge is 0.359 e. The maximum absolute atomic E-state index is 12.3. The van der Waals surface area contributed by atoms with Crippen molar-refractivity contribution >= 4 is 33.0 Å². The van der Waals surface area contributed by atoms with E-state index in [1.54, 1.807) is 4.90 Å². The molecule has 0 spiro atoms. The van der Waals surface area contributed by atoms with Gasteiger partial charge in [0.25, 0.3) is 0 Å². The van der Waals surface area contributed by atoms with Gasteiger partial charge >= 0.3 is 6.03 Å². The van der Waals surface area contributed by atoms with Gasteiger partial charge in [0.15, 0.2) is 0 Å². The number of nitrogens with zero attached hydrogens (tertiary/aromatic N) is 2. The molecule has 0 fully saturated rings. The number of pyridine rings is 1. The molecule has 2 aromatic carbocycles. The highest BCUT2D eigenvalue weighted by atomic mass is 79.9. The van der Waals surface area contributed by atoms with Crippen LogP contribution in [0, 0.1) is 0 Å². The Hall–Kier alpha value is -3.12. The van der Waals surface area contributed by atoms with Crippen molar-refractivity contribution in [3.8, 4) is 11.1 Å². The minimum atomic E-state index is -0.419. The normalized spacial score (nSPS) is 16.0. The number of halogens is 1. The molecular weight excluding hydrogens is 428 g/mol. The van der Waals surface area contributed by atoms with E-state index < -0.39 is 6.03 Å². The summed E-state index contributed by atoms with van der Waals surface area (Å²) in [4.78, 5) is 21.9. The molecule has 2 aromatic heterocycles. The number of rotatable bonds is 2. The van der Waals surface area contributed by atoms with Crippen molar-refractivity contribution in [3.63, 3.8) is 0 Å². The summed E-state index contributed by atoms with van der Waals surface area (Å²) in [7, 11) is 0. The van der Waals surface area contributed by atoms with E-state index in [9.17, 15) is 4.79 Å². The molecule has 1 aliphatic heterocycles. The number of amides is 2. The first-order chi connectivity index (χ1) is 14.1. The number of hydrogen-bond donors (Lipinski definition) is 2. The maximum Gasteiger partial charge on any atom is 0.315 e. The highest BCUT2D eigenvalue weighted by Crippen LogP contribution is 2.39. The van der Waals surface area contributed by atoms with E-state index >= 15 is 0 Å². The Morgan fingerprint density at radius 3 is 2.69 bits per heavy atom. The average Bonchev–Trinajstić information content (AvgIpc) is 3.15. The number of fused-ring (bicyclic) bond motifs is 2. The summed E-state index contributed by atoms with van der Waals surface area (Å²) in [6, 6.07) is 20.0. The van der Waals surface area contributed by atoms with Gasteiger partial charge in [0.2, 0.25) is 0 Å². The lowest BCUT2D eigenvalue weighted by molar-refractivity contribution is 0.190. The second-order valence-corrected chi connectivity index (χ2v) is 8.05. The van der Waals surface area contributed by atoms with E-state index in [0.717, 1.165) is 33.2 Å². The highest BCUT2D eigenvalue weighted by Gasteiger charge is 2.33. The fourth-order valence-corrected chi connectivity index (χ4v) is 4.52. The molecule has 2 amide bonds. The number of primary amides is 1. The number of aromatic amines is 1. The van der Waals surface area contributed by atoms with Crippen molar-refractivity contribution in [1.82, 2.24) is 14.9 Å². The summed E-state index contributed by atoms with van der Waals surface area (Å²) in [6.07, 6.45) is 2.71. The van der Waals surface area contributed by atoms with Crippen LogP contribution in [-0.2, 0) is 6.42 Å². The van der Waals surface area contributed by atoms with E-state index in [0.29, 0.717) is 6.54 Å². The van der Waals surface area contributed by atoms with Gasteiger partial charge in [0.05, 0.1) is 17.1 Å². The molecule has 5 nitrogen and oxygen atoms in total. The van der Waals surface area contributed by atoms with Crippen LogP contribution >= 0.6 is 15.9 Å². The van der Waals surface area contributed by atoms with Crippen LogP contribution in [0.1, 0.15) is 22.7 Å². The van der Waals surface area contributed by atoms with Crippen LogP contribution in [0.25, 0.3) is 22.2 Å². The van der Waals surface area contributed by atoms with E-state index in [4.69, 9.17) is 5.73 Å². The maximum atomic E-state index is 12.3. The van der Waals surface area contributed by atoms with Crippen LogP contribution in [0.4, 0.5) is 4.79 Å². The van der Waals surface area contributed by atoms with Gasteiger partial charge in [-0.1, -0.05) is 48.5 Å². The zero-order valence-electron chi connectivity index (χ0n) is 15.6. The van der Waals surface area contributed by atoms with Crippen LogP contribution in [0.5, 0.6) is 0 Å². The summed E-state index contributed by atoms with van der Waals surface area (Å²) in [5, 5.41) is 0. The molecule has 0 radical (unpaired) electrons. The Morgan fingerprint density at radius 1 is 1.07 bits per heavy atom. The molecule has 1 unspecified atom stereocenters. The van der Waals surface area contributed by atoms with Crippen LogP contribution in [0.3, 0.4) is 0 Å². The molecule has 1 atom stereocenters. The molecule has 29 heavy (non-hydrogen) atoms. The molecule has 3 heterocycles. The van der Waals surface area contributed by atoms with Gasteiger partial charge in [0.1, 0.15) is 4.60 Å². The predicted octanol–water partition coefficient (Wildman–Crippen LogP) is 5.02. The third kappa shape index (κ3) is 3.09. The van der Waals surface area contributed by atoms with Gasteiger partial charge in [-0.3, -0.25) is 0 Å². The first kappa shape index (κ1) is 17.9. The lowest BCUT2D eigenvalue weighted by Crippen LogP contribution is -2.43. The number of H-pyrrole nitrogens is 1. The summed E-state index contributed by atoms with van der Waals surface area (Å²) >= 11 is 3.46. The number of nitrogens with two attached hydrogens (primary N) is 1. The smallest absolute Gasteiger partial charge is 0.315 e. The first-order valence-corrected chi connectivity index (χ1v) is 10.3. The SMILES string of the molecule is NC(=O)N1CCc2cc(-c3ccccc3)ccc2C1c1c[nH]c2ccc(Br)nc12. The Labute approximate surface area is 176 Å².